The molecule has 0 unspecified atom stereocenters. The predicted octanol–water partition coefficient (Wildman–Crippen LogP) is 2.80. The van der Waals surface area contributed by atoms with E-state index < -0.39 is 0 Å². The number of hydrogen-bond donors (Lipinski definition) is 0. The minimum Gasteiger partial charge on any atom is -0.307 e. The van der Waals surface area contributed by atoms with Gasteiger partial charge in [-0.25, -0.2) is 14.6 Å². The Kier molecular flexibility index (Phi) is 3.67. The molecule has 0 aliphatic carbocycles. The highest BCUT2D eigenvalue weighted by atomic mass is 15.4. The molecule has 0 amide bonds. The van der Waals surface area contributed by atoms with Crippen molar-refractivity contribution >= 4 is 16.8 Å². The summed E-state index contributed by atoms with van der Waals surface area (Å²) in [7, 11) is 0. The molecule has 0 bridgehead atoms. The summed E-state index contributed by atoms with van der Waals surface area (Å²) in [4.78, 5) is 9.07. The van der Waals surface area contributed by atoms with Crippen molar-refractivity contribution in [3.8, 4) is 11.3 Å². The highest BCUT2D eigenvalue weighted by Crippen LogP contribution is 2.20. The molecular formula is C19H18N8. The standard InChI is InChI=1S/C19H18N8/c1-2-8-26-13-15(10-21-26)16-4-5-17-19(22-16)27(24-23-17)12-14-3-6-18-20-7-9-25(18)11-14/h3-7,9-11,13H,2,8,12H2,1H3. The smallest absolute Gasteiger partial charge is 0.179 e. The number of hydrogen-bond acceptors (Lipinski definition) is 5. The molecule has 134 valence electrons. The van der Waals surface area contributed by atoms with Crippen LogP contribution in [-0.4, -0.2) is 39.1 Å². The van der Waals surface area contributed by atoms with Crippen LogP contribution < -0.4 is 0 Å². The molecule has 0 radical (unpaired) electrons. The molecule has 5 aromatic rings. The Morgan fingerprint density at radius 2 is 2.04 bits per heavy atom. The van der Waals surface area contributed by atoms with Gasteiger partial charge in [0.2, 0.25) is 0 Å². The quantitative estimate of drug-likeness (QED) is 0.483. The van der Waals surface area contributed by atoms with Gasteiger partial charge in [-0.05, 0) is 30.2 Å². The van der Waals surface area contributed by atoms with Crippen molar-refractivity contribution in [1.29, 1.82) is 0 Å². The Hall–Kier alpha value is -3.55. The van der Waals surface area contributed by atoms with Crippen LogP contribution in [-0.2, 0) is 13.1 Å². The van der Waals surface area contributed by atoms with Crippen molar-refractivity contribution in [2.24, 2.45) is 0 Å². The summed E-state index contributed by atoms with van der Waals surface area (Å²) >= 11 is 0. The Morgan fingerprint density at radius 1 is 1.07 bits per heavy atom. The van der Waals surface area contributed by atoms with Crippen molar-refractivity contribution in [1.82, 2.24) is 39.1 Å². The largest absolute Gasteiger partial charge is 0.307 e. The fraction of sp³-hybridized carbons (Fsp3) is 0.211. The van der Waals surface area contributed by atoms with Crippen molar-refractivity contribution in [3.05, 3.63) is 60.8 Å². The first-order chi connectivity index (χ1) is 13.3. The molecule has 27 heavy (non-hydrogen) atoms. The lowest BCUT2D eigenvalue weighted by atomic mass is 10.2. The van der Waals surface area contributed by atoms with Crippen LogP contribution in [0.3, 0.4) is 0 Å². The summed E-state index contributed by atoms with van der Waals surface area (Å²) < 4.78 is 5.76. The van der Waals surface area contributed by atoms with E-state index in [9.17, 15) is 0 Å². The minimum absolute atomic E-state index is 0.593. The lowest BCUT2D eigenvalue weighted by Gasteiger charge is -2.04. The van der Waals surface area contributed by atoms with Crippen LogP contribution in [0.15, 0.2) is 55.2 Å². The van der Waals surface area contributed by atoms with Crippen LogP contribution in [0.25, 0.3) is 28.1 Å². The van der Waals surface area contributed by atoms with Gasteiger partial charge in [0.15, 0.2) is 5.65 Å². The molecule has 5 rings (SSSR count). The average Bonchev–Trinajstić information content (AvgIpc) is 3.41. The van der Waals surface area contributed by atoms with E-state index in [-0.39, 0.29) is 0 Å². The van der Waals surface area contributed by atoms with E-state index >= 15 is 0 Å². The highest BCUT2D eigenvalue weighted by Gasteiger charge is 2.11. The van der Waals surface area contributed by atoms with E-state index in [0.717, 1.165) is 46.6 Å². The first kappa shape index (κ1) is 15.7. The fourth-order valence-electron chi connectivity index (χ4n) is 3.20. The van der Waals surface area contributed by atoms with E-state index in [1.165, 1.54) is 0 Å². The second-order valence-corrected chi connectivity index (χ2v) is 6.51. The van der Waals surface area contributed by atoms with E-state index in [0.29, 0.717) is 6.54 Å². The molecule has 5 heterocycles. The van der Waals surface area contributed by atoms with Gasteiger partial charge in [0.1, 0.15) is 11.2 Å². The molecule has 5 aromatic heterocycles. The second-order valence-electron chi connectivity index (χ2n) is 6.51. The summed E-state index contributed by atoms with van der Waals surface area (Å²) in [5.74, 6) is 0. The van der Waals surface area contributed by atoms with Gasteiger partial charge in [0.25, 0.3) is 0 Å². The van der Waals surface area contributed by atoms with E-state index in [2.05, 4.69) is 39.6 Å². The van der Waals surface area contributed by atoms with Gasteiger partial charge in [-0.15, -0.1) is 5.10 Å². The third kappa shape index (κ3) is 2.84. The maximum absolute atomic E-state index is 4.79. The molecule has 0 aromatic carbocycles. The zero-order chi connectivity index (χ0) is 18.2. The van der Waals surface area contributed by atoms with Crippen molar-refractivity contribution < 1.29 is 0 Å². The van der Waals surface area contributed by atoms with Crippen LogP contribution in [0, 0.1) is 0 Å². The van der Waals surface area contributed by atoms with E-state index in [1.807, 2.05) is 50.6 Å². The van der Waals surface area contributed by atoms with Crippen LogP contribution in [0.5, 0.6) is 0 Å². The lowest BCUT2D eigenvalue weighted by molar-refractivity contribution is 0.603. The van der Waals surface area contributed by atoms with Crippen LogP contribution >= 0.6 is 0 Å². The fourth-order valence-corrected chi connectivity index (χ4v) is 3.20. The van der Waals surface area contributed by atoms with Gasteiger partial charge in [0, 0.05) is 36.9 Å². The van der Waals surface area contributed by atoms with Gasteiger partial charge in [-0.3, -0.25) is 4.68 Å². The van der Waals surface area contributed by atoms with E-state index in [1.54, 1.807) is 6.20 Å². The van der Waals surface area contributed by atoms with Crippen molar-refractivity contribution in [2.45, 2.75) is 26.4 Å². The maximum atomic E-state index is 4.79. The third-order valence-corrected chi connectivity index (χ3v) is 4.52. The lowest BCUT2D eigenvalue weighted by Crippen LogP contribution is -2.04. The molecule has 0 spiro atoms. The number of rotatable bonds is 5. The van der Waals surface area contributed by atoms with E-state index in [4.69, 9.17) is 4.98 Å². The number of fused-ring (bicyclic) bond motifs is 2. The summed E-state index contributed by atoms with van der Waals surface area (Å²) in [6, 6.07) is 7.97. The van der Waals surface area contributed by atoms with Gasteiger partial charge >= 0.3 is 0 Å². The number of nitrogens with zero attached hydrogens (tertiary/aromatic N) is 8. The SMILES string of the molecule is CCCn1cc(-c2ccc3nnn(Cc4ccc5nccn5c4)c3n2)cn1. The molecule has 0 fully saturated rings. The number of aromatic nitrogens is 8. The zero-order valence-corrected chi connectivity index (χ0v) is 14.9. The maximum Gasteiger partial charge on any atom is 0.179 e. The van der Waals surface area contributed by atoms with Crippen LogP contribution in [0.2, 0.25) is 0 Å². The third-order valence-electron chi connectivity index (χ3n) is 4.52. The molecule has 0 aliphatic heterocycles. The van der Waals surface area contributed by atoms with Gasteiger partial charge < -0.3 is 4.40 Å². The van der Waals surface area contributed by atoms with Crippen molar-refractivity contribution in [2.75, 3.05) is 0 Å². The second kappa shape index (κ2) is 6.31. The Labute approximate surface area is 155 Å². The number of pyridine rings is 2. The molecular weight excluding hydrogens is 340 g/mol. The summed E-state index contributed by atoms with van der Waals surface area (Å²) in [5, 5.41) is 12.9. The topological polar surface area (TPSA) is 78.7 Å². The monoisotopic (exact) mass is 358 g/mol. The van der Waals surface area contributed by atoms with Crippen LogP contribution in [0.1, 0.15) is 18.9 Å². The molecule has 0 N–H and O–H groups in total. The Morgan fingerprint density at radius 3 is 2.96 bits per heavy atom. The normalized spacial score (nSPS) is 11.6. The van der Waals surface area contributed by atoms with Gasteiger partial charge in [-0.1, -0.05) is 18.2 Å². The van der Waals surface area contributed by atoms with Gasteiger partial charge in [0.05, 0.1) is 18.4 Å². The first-order valence-electron chi connectivity index (χ1n) is 8.95. The van der Waals surface area contributed by atoms with Gasteiger partial charge in [-0.2, -0.15) is 5.10 Å². The summed E-state index contributed by atoms with van der Waals surface area (Å²) in [6.45, 7) is 3.63. The molecule has 0 atom stereocenters. The van der Waals surface area contributed by atoms with Crippen molar-refractivity contribution in [3.63, 3.8) is 0 Å². The molecule has 8 heteroatoms. The highest BCUT2D eigenvalue weighted by molar-refractivity contribution is 5.74. The molecule has 8 nitrogen and oxygen atoms in total. The summed E-state index contributed by atoms with van der Waals surface area (Å²) in [6.07, 6.45) is 10.7. The van der Waals surface area contributed by atoms with Crippen LogP contribution in [0.4, 0.5) is 0 Å². The minimum atomic E-state index is 0.593. The zero-order valence-electron chi connectivity index (χ0n) is 14.9. The molecule has 0 saturated carbocycles. The number of aryl methyl sites for hydroxylation is 1. The Bertz CT molecular complexity index is 1230. The summed E-state index contributed by atoms with van der Waals surface area (Å²) in [5.41, 5.74) is 5.45. The average molecular weight is 358 g/mol. The predicted molar refractivity (Wildman–Crippen MR) is 101 cm³/mol. The molecule has 0 saturated heterocycles. The number of imidazole rings is 1. The first-order valence-corrected chi connectivity index (χ1v) is 8.95. The Balaban J connectivity index is 1.50. The molecule has 0 aliphatic rings.